The van der Waals surface area contributed by atoms with Crippen molar-refractivity contribution in [2.75, 3.05) is 0 Å². The minimum atomic E-state index is -0.207. The second-order valence-electron chi connectivity index (χ2n) is 2.44. The molecular formula is C5H6N8O. The minimum Gasteiger partial charge on any atom is -0.382 e. The second kappa shape index (κ2) is 3.20. The maximum Gasteiger partial charge on any atom is 0.174 e. The number of aromatic nitrogens is 6. The Balaban J connectivity index is 2.25. The van der Waals surface area contributed by atoms with E-state index in [1.807, 2.05) is 0 Å². The molecule has 9 nitrogen and oxygen atoms in total. The van der Waals surface area contributed by atoms with Crippen LogP contribution in [-0.2, 0) is 6.54 Å². The quantitative estimate of drug-likeness (QED) is 0.443. The van der Waals surface area contributed by atoms with Crippen LogP contribution in [0.15, 0.2) is 11.0 Å². The Morgan fingerprint density at radius 2 is 2.43 bits per heavy atom. The molecule has 0 aliphatic carbocycles. The summed E-state index contributed by atoms with van der Waals surface area (Å²) < 4.78 is 4.45. The number of nitrogens with one attached hydrogen (secondary N) is 1. The molecule has 0 aliphatic heterocycles. The average Bonchev–Trinajstić information content (AvgIpc) is 2.75. The van der Waals surface area contributed by atoms with E-state index in [-0.39, 0.29) is 18.1 Å². The first-order chi connectivity index (χ1) is 6.77. The zero-order valence-electron chi connectivity index (χ0n) is 6.95. The van der Waals surface area contributed by atoms with Crippen LogP contribution in [0.4, 0.5) is 0 Å². The first kappa shape index (κ1) is 8.29. The van der Waals surface area contributed by atoms with Crippen molar-refractivity contribution in [1.82, 2.24) is 30.5 Å². The Bertz CT molecular complexity index is 430. The van der Waals surface area contributed by atoms with Crippen LogP contribution in [-0.4, -0.2) is 36.4 Å². The minimum absolute atomic E-state index is 0.197. The van der Waals surface area contributed by atoms with Crippen LogP contribution < -0.4 is 5.73 Å². The molecule has 72 valence electrons. The fourth-order valence-corrected chi connectivity index (χ4v) is 0.910. The lowest BCUT2D eigenvalue weighted by molar-refractivity contribution is 0.300. The molecule has 2 rings (SSSR count). The Morgan fingerprint density at radius 3 is 3.07 bits per heavy atom. The molecule has 0 unspecified atom stereocenters. The largest absolute Gasteiger partial charge is 0.382 e. The van der Waals surface area contributed by atoms with Gasteiger partial charge in [-0.2, -0.15) is 4.80 Å². The summed E-state index contributed by atoms with van der Waals surface area (Å²) in [6, 6.07) is 0. The molecule has 0 aromatic carbocycles. The van der Waals surface area contributed by atoms with Gasteiger partial charge >= 0.3 is 0 Å². The predicted molar refractivity (Wildman–Crippen MR) is 42.2 cm³/mol. The fraction of sp³-hybridized carbons (Fsp3) is 0.200. The molecule has 2 aromatic heterocycles. The standard InChI is InChI=1S/C5H6N8O/c6-5(7)4-3(10-14-11-4)1-13-9-2-8-12-13/h2H,1H2,(H3,6,7). The molecule has 0 bridgehead atoms. The molecule has 0 fully saturated rings. The van der Waals surface area contributed by atoms with E-state index in [2.05, 4.69) is 30.4 Å². The van der Waals surface area contributed by atoms with Gasteiger partial charge in [-0.25, -0.2) is 4.63 Å². The molecule has 0 spiro atoms. The lowest BCUT2D eigenvalue weighted by Crippen LogP contribution is -2.16. The average molecular weight is 194 g/mol. The van der Waals surface area contributed by atoms with Crippen LogP contribution in [0, 0.1) is 5.41 Å². The monoisotopic (exact) mass is 194 g/mol. The second-order valence-corrected chi connectivity index (χ2v) is 2.44. The van der Waals surface area contributed by atoms with Crippen LogP contribution in [0.5, 0.6) is 0 Å². The van der Waals surface area contributed by atoms with E-state index in [9.17, 15) is 0 Å². The van der Waals surface area contributed by atoms with Crippen molar-refractivity contribution < 1.29 is 4.63 Å². The summed E-state index contributed by atoms with van der Waals surface area (Å²) in [5.74, 6) is -0.207. The van der Waals surface area contributed by atoms with Gasteiger partial charge in [0, 0.05) is 0 Å². The molecule has 3 N–H and O–H groups in total. The van der Waals surface area contributed by atoms with Crippen molar-refractivity contribution in [1.29, 1.82) is 5.41 Å². The van der Waals surface area contributed by atoms with Gasteiger partial charge < -0.3 is 5.73 Å². The summed E-state index contributed by atoms with van der Waals surface area (Å²) >= 11 is 0. The molecule has 2 aromatic rings. The first-order valence-electron chi connectivity index (χ1n) is 3.64. The summed E-state index contributed by atoms with van der Waals surface area (Å²) in [5.41, 5.74) is 5.84. The van der Waals surface area contributed by atoms with E-state index in [4.69, 9.17) is 11.1 Å². The van der Waals surface area contributed by atoms with E-state index >= 15 is 0 Å². The third kappa shape index (κ3) is 1.42. The highest BCUT2D eigenvalue weighted by Gasteiger charge is 2.13. The Morgan fingerprint density at radius 1 is 1.57 bits per heavy atom. The van der Waals surface area contributed by atoms with Gasteiger partial charge in [-0.3, -0.25) is 5.41 Å². The molecule has 0 aliphatic rings. The van der Waals surface area contributed by atoms with Crippen LogP contribution in [0.2, 0.25) is 0 Å². The Labute approximate surface area is 77.4 Å². The number of rotatable bonds is 3. The molecule has 0 atom stereocenters. The van der Waals surface area contributed by atoms with Gasteiger partial charge in [0.05, 0.1) is 0 Å². The SMILES string of the molecule is N=C(N)c1nonc1Cn1ncnn1. The zero-order valence-corrected chi connectivity index (χ0v) is 6.95. The molecule has 0 radical (unpaired) electrons. The van der Waals surface area contributed by atoms with Gasteiger partial charge in [-0.15, -0.1) is 10.2 Å². The lowest BCUT2D eigenvalue weighted by atomic mass is 10.3. The topological polar surface area (TPSA) is 132 Å². The highest BCUT2D eigenvalue weighted by Crippen LogP contribution is 2.02. The predicted octanol–water partition coefficient (Wildman–Crippen LogP) is -1.61. The van der Waals surface area contributed by atoms with E-state index in [0.717, 1.165) is 0 Å². The molecule has 0 saturated heterocycles. The van der Waals surface area contributed by atoms with Crippen molar-refractivity contribution >= 4 is 5.84 Å². The number of amidine groups is 1. The van der Waals surface area contributed by atoms with Gasteiger partial charge in [0.25, 0.3) is 0 Å². The normalized spacial score (nSPS) is 10.3. The highest BCUT2D eigenvalue weighted by molar-refractivity contribution is 5.93. The summed E-state index contributed by atoms with van der Waals surface area (Å²) in [6.07, 6.45) is 1.29. The maximum atomic E-state index is 7.17. The summed E-state index contributed by atoms with van der Waals surface area (Å²) in [7, 11) is 0. The van der Waals surface area contributed by atoms with Crippen molar-refractivity contribution in [2.24, 2.45) is 5.73 Å². The Kier molecular flexibility index (Phi) is 1.89. The third-order valence-corrected chi connectivity index (χ3v) is 1.49. The van der Waals surface area contributed by atoms with Crippen molar-refractivity contribution in [3.8, 4) is 0 Å². The number of hydrogen-bond donors (Lipinski definition) is 2. The number of nitrogens with two attached hydrogens (primary N) is 1. The molecule has 2 heterocycles. The molecular weight excluding hydrogens is 188 g/mol. The van der Waals surface area contributed by atoms with Crippen LogP contribution in [0.25, 0.3) is 0 Å². The van der Waals surface area contributed by atoms with E-state index < -0.39 is 0 Å². The van der Waals surface area contributed by atoms with E-state index in [0.29, 0.717) is 5.69 Å². The smallest absolute Gasteiger partial charge is 0.174 e. The summed E-state index contributed by atoms with van der Waals surface area (Å²) in [5, 5.41) is 25.1. The Hall–Kier alpha value is -2.32. The number of nitrogen functional groups attached to an aromatic ring is 1. The van der Waals surface area contributed by atoms with Crippen molar-refractivity contribution in [3.63, 3.8) is 0 Å². The van der Waals surface area contributed by atoms with Gasteiger partial charge in [0.15, 0.2) is 12.0 Å². The number of hydrogen-bond acceptors (Lipinski definition) is 7. The van der Waals surface area contributed by atoms with Gasteiger partial charge in [-0.1, -0.05) is 5.16 Å². The molecule has 14 heavy (non-hydrogen) atoms. The maximum absolute atomic E-state index is 7.17. The van der Waals surface area contributed by atoms with E-state index in [1.165, 1.54) is 11.1 Å². The molecule has 0 amide bonds. The van der Waals surface area contributed by atoms with Crippen molar-refractivity contribution in [2.45, 2.75) is 6.54 Å². The fourth-order valence-electron chi connectivity index (χ4n) is 0.910. The highest BCUT2D eigenvalue weighted by atomic mass is 16.6. The van der Waals surface area contributed by atoms with Gasteiger partial charge in [0.1, 0.15) is 18.1 Å². The van der Waals surface area contributed by atoms with Gasteiger partial charge in [-0.05, 0) is 10.4 Å². The number of nitrogens with zero attached hydrogens (tertiary/aromatic N) is 6. The van der Waals surface area contributed by atoms with Crippen molar-refractivity contribution in [3.05, 3.63) is 17.7 Å². The van der Waals surface area contributed by atoms with E-state index in [1.54, 1.807) is 0 Å². The first-order valence-corrected chi connectivity index (χ1v) is 3.64. The van der Waals surface area contributed by atoms with Crippen LogP contribution in [0.1, 0.15) is 11.4 Å². The van der Waals surface area contributed by atoms with Gasteiger partial charge in [0.2, 0.25) is 0 Å². The third-order valence-electron chi connectivity index (χ3n) is 1.49. The summed E-state index contributed by atoms with van der Waals surface area (Å²) in [6.45, 7) is 0.221. The molecule has 0 saturated carbocycles. The van der Waals surface area contributed by atoms with Crippen LogP contribution >= 0.6 is 0 Å². The lowest BCUT2D eigenvalue weighted by Gasteiger charge is -1.94. The summed E-state index contributed by atoms with van der Waals surface area (Å²) in [4.78, 5) is 1.28. The molecule has 9 heteroatoms. The zero-order chi connectivity index (χ0) is 9.97. The number of tetrazole rings is 1. The van der Waals surface area contributed by atoms with Crippen LogP contribution in [0.3, 0.4) is 0 Å².